The molecule has 2 N–H and O–H groups in total. The fraction of sp³-hybridized carbons (Fsp3) is 0.296. The normalized spacial score (nSPS) is 24.9. The number of aliphatic hydroxyl groups excluding tert-OH is 2. The zero-order valence-electron chi connectivity index (χ0n) is 36.7. The van der Waals surface area contributed by atoms with Gasteiger partial charge in [0, 0.05) is 0 Å². The number of hydrogen-bond acceptors (Lipinski definition) is 13. The summed E-state index contributed by atoms with van der Waals surface area (Å²) in [6, 6.07) is 55.0. The molecule has 2 saturated heterocycles. The molecule has 0 bridgehead atoms. The molecule has 67 heavy (non-hydrogen) atoms. The van der Waals surface area contributed by atoms with Crippen molar-refractivity contribution in [3.8, 4) is 0 Å². The molecule has 0 aromatic heterocycles. The molecule has 2 aliphatic rings. The van der Waals surface area contributed by atoms with Crippen LogP contribution >= 0.6 is 0 Å². The maximum absolute atomic E-state index is 14.0. The van der Waals surface area contributed by atoms with Gasteiger partial charge in [0.2, 0.25) is 0 Å². The standard InChI is InChI=1S/C54H54O13/c55-31-43-46(48(65-51(56)41-27-15-5-16-28-41)49(53(58)63-43)66-52(57)42-29-17-6-18-30-42)67-54-50(62-35-40-25-13-4-14-26-40)47(61-34-39-23-11-3-12-24-39)45(60-33-38-21-9-2-10-22-38)44(64-54)36-59-32-37-19-7-1-8-20-37/h1-30,43-50,53-55,58H,31-36H2/t43-,44-,45+,46+,47+,48+,49-,50-,53-,54-/m1/s1. The van der Waals surface area contributed by atoms with E-state index >= 15 is 0 Å². The largest absolute Gasteiger partial charge is 0.452 e. The molecular formula is C54H54O13. The number of carbonyl (C=O) groups is 2. The highest BCUT2D eigenvalue weighted by Crippen LogP contribution is 2.36. The van der Waals surface area contributed by atoms with Crippen LogP contribution in [0.4, 0.5) is 0 Å². The van der Waals surface area contributed by atoms with Gasteiger partial charge in [0.15, 0.2) is 24.8 Å². The Bertz CT molecular complexity index is 2380. The Morgan fingerprint density at radius 1 is 0.433 bits per heavy atom. The lowest BCUT2D eigenvalue weighted by molar-refractivity contribution is -0.366. The second-order valence-corrected chi connectivity index (χ2v) is 16.1. The summed E-state index contributed by atoms with van der Waals surface area (Å²) in [6.45, 7) is 0.000631. The monoisotopic (exact) mass is 910 g/mol. The predicted octanol–water partition coefficient (Wildman–Crippen LogP) is 7.23. The molecule has 0 saturated carbocycles. The fourth-order valence-electron chi connectivity index (χ4n) is 8.01. The second kappa shape index (κ2) is 24.1. The van der Waals surface area contributed by atoms with Crippen LogP contribution in [0.2, 0.25) is 0 Å². The predicted molar refractivity (Wildman–Crippen MR) is 244 cm³/mol. The van der Waals surface area contributed by atoms with Gasteiger partial charge in [0.25, 0.3) is 0 Å². The van der Waals surface area contributed by atoms with Gasteiger partial charge in [-0.2, -0.15) is 0 Å². The van der Waals surface area contributed by atoms with Crippen LogP contribution in [-0.2, 0) is 69.1 Å². The van der Waals surface area contributed by atoms with Crippen LogP contribution in [0.1, 0.15) is 43.0 Å². The lowest BCUT2D eigenvalue weighted by atomic mass is 9.95. The van der Waals surface area contributed by atoms with Crippen LogP contribution in [0.15, 0.2) is 182 Å². The quantitative estimate of drug-likeness (QED) is 0.0741. The Labute approximate surface area is 389 Å². The maximum atomic E-state index is 14.0. The van der Waals surface area contributed by atoms with Gasteiger partial charge in [0.05, 0.1) is 50.8 Å². The van der Waals surface area contributed by atoms with E-state index < -0.39 is 80.0 Å². The van der Waals surface area contributed by atoms with E-state index in [-0.39, 0.29) is 44.2 Å². The Morgan fingerprint density at radius 2 is 0.836 bits per heavy atom. The fourth-order valence-corrected chi connectivity index (χ4v) is 8.01. The zero-order valence-corrected chi connectivity index (χ0v) is 36.7. The summed E-state index contributed by atoms with van der Waals surface area (Å²) in [6.07, 6.45) is -12.9. The number of ether oxygens (including phenoxy) is 9. The van der Waals surface area contributed by atoms with E-state index in [1.54, 1.807) is 60.7 Å². The lowest BCUT2D eigenvalue weighted by Gasteiger charge is -2.49. The molecule has 2 fully saturated rings. The first-order valence-electron chi connectivity index (χ1n) is 22.3. The van der Waals surface area contributed by atoms with E-state index in [0.29, 0.717) is 0 Å². The summed E-state index contributed by atoms with van der Waals surface area (Å²) >= 11 is 0. The first-order chi connectivity index (χ1) is 32.9. The first kappa shape index (κ1) is 47.4. The van der Waals surface area contributed by atoms with Gasteiger partial charge < -0.3 is 52.8 Å². The molecule has 2 aliphatic heterocycles. The maximum Gasteiger partial charge on any atom is 0.338 e. The molecule has 13 heteroatoms. The summed E-state index contributed by atoms with van der Waals surface area (Å²) in [5.41, 5.74) is 3.94. The summed E-state index contributed by atoms with van der Waals surface area (Å²) in [5.74, 6) is -1.63. The summed E-state index contributed by atoms with van der Waals surface area (Å²) in [5, 5.41) is 22.4. The summed E-state index contributed by atoms with van der Waals surface area (Å²) in [7, 11) is 0. The zero-order chi connectivity index (χ0) is 46.2. The molecule has 6 aromatic carbocycles. The molecule has 0 unspecified atom stereocenters. The van der Waals surface area contributed by atoms with E-state index in [0.717, 1.165) is 22.3 Å². The van der Waals surface area contributed by atoms with Crippen molar-refractivity contribution >= 4 is 11.9 Å². The van der Waals surface area contributed by atoms with Crippen molar-refractivity contribution in [2.45, 2.75) is 87.8 Å². The number of aliphatic hydroxyl groups is 2. The van der Waals surface area contributed by atoms with Crippen LogP contribution in [0, 0.1) is 0 Å². The van der Waals surface area contributed by atoms with Crippen molar-refractivity contribution in [2.75, 3.05) is 13.2 Å². The van der Waals surface area contributed by atoms with E-state index in [2.05, 4.69) is 0 Å². The van der Waals surface area contributed by atoms with Gasteiger partial charge in [-0.3, -0.25) is 0 Å². The van der Waals surface area contributed by atoms with Crippen LogP contribution in [0.3, 0.4) is 0 Å². The van der Waals surface area contributed by atoms with Crippen LogP contribution in [-0.4, -0.2) is 96.8 Å². The summed E-state index contributed by atoms with van der Waals surface area (Å²) < 4.78 is 58.7. The van der Waals surface area contributed by atoms with Gasteiger partial charge in [-0.15, -0.1) is 0 Å². The second-order valence-electron chi connectivity index (χ2n) is 16.1. The van der Waals surface area contributed by atoms with Gasteiger partial charge in [0.1, 0.15) is 36.6 Å². The third-order valence-corrected chi connectivity index (χ3v) is 11.4. The molecule has 348 valence electrons. The third-order valence-electron chi connectivity index (χ3n) is 11.4. The minimum absolute atomic E-state index is 0.0118. The highest BCUT2D eigenvalue weighted by Gasteiger charge is 2.55. The van der Waals surface area contributed by atoms with Crippen LogP contribution < -0.4 is 0 Å². The van der Waals surface area contributed by atoms with Gasteiger partial charge >= 0.3 is 11.9 Å². The van der Waals surface area contributed by atoms with E-state index in [1.807, 2.05) is 121 Å². The SMILES string of the molecule is O=C(O[C@@H]1[C@@H](OC(=O)c2ccccc2)[C@H](O)O[C@H](CO)[C@@H]1O[C@H]1O[C@H](COCc2ccccc2)[C@H](OCc2ccccc2)[C@H](OCc2ccccc2)[C@H]1OCc1ccccc1)c1ccccc1. The molecule has 6 aromatic rings. The Hall–Kier alpha value is -6.10. The minimum Gasteiger partial charge on any atom is -0.452 e. The molecule has 0 radical (unpaired) electrons. The number of rotatable bonds is 20. The van der Waals surface area contributed by atoms with Crippen molar-refractivity contribution in [2.24, 2.45) is 0 Å². The molecule has 8 rings (SSSR count). The first-order valence-corrected chi connectivity index (χ1v) is 22.3. The molecule has 0 aliphatic carbocycles. The van der Waals surface area contributed by atoms with Crippen LogP contribution in [0.25, 0.3) is 0 Å². The number of esters is 2. The Morgan fingerprint density at radius 3 is 1.30 bits per heavy atom. The molecule has 2 heterocycles. The lowest BCUT2D eigenvalue weighted by Crippen LogP contribution is -2.66. The average molecular weight is 911 g/mol. The van der Waals surface area contributed by atoms with Crippen molar-refractivity contribution in [1.82, 2.24) is 0 Å². The number of carbonyl (C=O) groups excluding carboxylic acids is 2. The molecule has 13 nitrogen and oxygen atoms in total. The topological polar surface area (TPSA) is 158 Å². The number of benzene rings is 6. The molecule has 0 spiro atoms. The van der Waals surface area contributed by atoms with E-state index in [1.165, 1.54) is 0 Å². The molecular weight excluding hydrogens is 857 g/mol. The van der Waals surface area contributed by atoms with Gasteiger partial charge in [-0.05, 0) is 46.5 Å². The van der Waals surface area contributed by atoms with Gasteiger partial charge in [-0.25, -0.2) is 9.59 Å². The molecule has 0 amide bonds. The Balaban J connectivity index is 1.18. The highest BCUT2D eigenvalue weighted by atomic mass is 16.8. The van der Waals surface area contributed by atoms with Crippen molar-refractivity contribution in [3.05, 3.63) is 215 Å². The van der Waals surface area contributed by atoms with Crippen molar-refractivity contribution < 1.29 is 62.4 Å². The van der Waals surface area contributed by atoms with Gasteiger partial charge in [-0.1, -0.05) is 158 Å². The van der Waals surface area contributed by atoms with Crippen molar-refractivity contribution in [3.63, 3.8) is 0 Å². The molecule has 10 atom stereocenters. The highest BCUT2D eigenvalue weighted by molar-refractivity contribution is 5.90. The number of hydrogen-bond donors (Lipinski definition) is 2. The van der Waals surface area contributed by atoms with E-state index in [4.69, 9.17) is 42.6 Å². The summed E-state index contributed by atoms with van der Waals surface area (Å²) in [4.78, 5) is 27.6. The van der Waals surface area contributed by atoms with Crippen LogP contribution in [0.5, 0.6) is 0 Å². The Kier molecular flexibility index (Phi) is 17.0. The average Bonchev–Trinajstić information content (AvgIpc) is 3.38. The smallest absolute Gasteiger partial charge is 0.338 e. The van der Waals surface area contributed by atoms with Crippen molar-refractivity contribution in [1.29, 1.82) is 0 Å². The minimum atomic E-state index is -1.85. The van der Waals surface area contributed by atoms with E-state index in [9.17, 15) is 19.8 Å². The third kappa shape index (κ3) is 12.9.